The zero-order chi connectivity index (χ0) is 33.9. The van der Waals surface area contributed by atoms with Crippen LogP contribution in [0.1, 0.15) is 132 Å². The van der Waals surface area contributed by atoms with Crippen molar-refractivity contribution in [2.24, 2.45) is 63.6 Å². The fraction of sp³-hybridized carbons (Fsp3) is 0.780. The van der Waals surface area contributed by atoms with Crippen molar-refractivity contribution >= 4 is 12.3 Å². The third-order valence-corrected chi connectivity index (χ3v) is 13.4. The highest BCUT2D eigenvalue weighted by atomic mass is 16.5. The molecule has 0 saturated heterocycles. The third kappa shape index (κ3) is 8.09. The van der Waals surface area contributed by atoms with Gasteiger partial charge < -0.3 is 14.8 Å². The van der Waals surface area contributed by atoms with E-state index in [2.05, 4.69) is 70.9 Å². The van der Waals surface area contributed by atoms with Crippen molar-refractivity contribution < 1.29 is 14.3 Å². The highest BCUT2D eigenvalue weighted by molar-refractivity contribution is 5.75. The first-order valence-electron chi connectivity index (χ1n) is 18.6. The maximum atomic E-state index is 13.0. The van der Waals surface area contributed by atoms with E-state index in [4.69, 9.17) is 11.3 Å². The zero-order valence-electron chi connectivity index (χ0n) is 30.7. The Labute approximate surface area is 281 Å². The summed E-state index contributed by atoms with van der Waals surface area (Å²) in [4.78, 5) is 28.7. The topological polar surface area (TPSA) is 68.3 Å². The molecule has 5 nitrogen and oxygen atoms in total. The van der Waals surface area contributed by atoms with Gasteiger partial charge in [-0.2, -0.15) is 0 Å². The van der Waals surface area contributed by atoms with Gasteiger partial charge in [0.05, 0.1) is 6.42 Å². The highest BCUT2D eigenvalue weighted by Crippen LogP contribution is 2.64. The molecule has 0 bridgehead atoms. The van der Waals surface area contributed by atoms with Crippen LogP contribution in [0.15, 0.2) is 36.8 Å². The first-order valence-corrected chi connectivity index (χ1v) is 18.6. The van der Waals surface area contributed by atoms with E-state index in [1.165, 1.54) is 56.2 Å². The molecule has 0 aromatic carbocycles. The number of carbonyl (C=O) groups is 2. The number of carbonyl (C=O) groups excluding carboxylic acids is 2. The molecule has 3 fully saturated rings. The van der Waals surface area contributed by atoms with Crippen molar-refractivity contribution in [1.82, 2.24) is 10.3 Å². The molecule has 258 valence electrons. The summed E-state index contributed by atoms with van der Waals surface area (Å²) in [5, 5.41) is 3.82. The molecule has 1 aromatic rings. The van der Waals surface area contributed by atoms with Crippen LogP contribution in [-0.4, -0.2) is 23.3 Å². The second-order valence-electron chi connectivity index (χ2n) is 17.6. The standard InChI is InChI=1S/C41H66N2O3/c1-27(2)28(3)11-13-34-33(23-35-29(4)12-14-36(40(35,9)10)46-37(45)24-39(7,8)26-44)16-20-41(19-15-30(5)38(34)41)31(6)43-25-32-17-21-42-22-18-32/h17-18,21-22,26-30,33-36,38,43H,6,11-16,19-20,23-25H2,1-5,7-10H3. The summed E-state index contributed by atoms with van der Waals surface area (Å²) < 4.78 is 6.22. The summed E-state index contributed by atoms with van der Waals surface area (Å²) in [5.41, 5.74) is 1.87. The van der Waals surface area contributed by atoms with E-state index in [1.54, 1.807) is 0 Å². The van der Waals surface area contributed by atoms with E-state index in [0.29, 0.717) is 47.3 Å². The van der Waals surface area contributed by atoms with Gasteiger partial charge in [0.15, 0.2) is 0 Å². The van der Waals surface area contributed by atoms with Crippen LogP contribution < -0.4 is 5.32 Å². The average Bonchev–Trinajstić information content (AvgIpc) is 3.36. The fourth-order valence-corrected chi connectivity index (χ4v) is 9.98. The van der Waals surface area contributed by atoms with Gasteiger partial charge in [-0.05, 0) is 116 Å². The lowest BCUT2D eigenvalue weighted by molar-refractivity contribution is -0.168. The number of hydrogen-bond donors (Lipinski definition) is 1. The van der Waals surface area contributed by atoms with E-state index in [0.717, 1.165) is 25.7 Å². The molecule has 3 aliphatic rings. The summed E-state index contributed by atoms with van der Waals surface area (Å²) in [6.07, 6.45) is 15.4. The molecule has 9 unspecified atom stereocenters. The average molecular weight is 635 g/mol. The molecule has 0 spiro atoms. The van der Waals surface area contributed by atoms with Crippen LogP contribution in [0.2, 0.25) is 0 Å². The first kappa shape index (κ1) is 36.7. The molecule has 3 aliphatic carbocycles. The molecular weight excluding hydrogens is 568 g/mol. The van der Waals surface area contributed by atoms with Gasteiger partial charge in [0.1, 0.15) is 12.4 Å². The maximum Gasteiger partial charge on any atom is 0.307 e. The number of fused-ring (bicyclic) bond motifs is 1. The Balaban J connectivity index is 1.57. The molecular formula is C41H66N2O3. The molecule has 0 aliphatic heterocycles. The predicted octanol–water partition coefficient (Wildman–Crippen LogP) is 9.81. The minimum absolute atomic E-state index is 0.103. The van der Waals surface area contributed by atoms with Gasteiger partial charge in [-0.25, -0.2) is 0 Å². The minimum atomic E-state index is -0.688. The Kier molecular flexibility index (Phi) is 11.9. The molecule has 1 heterocycles. The molecule has 4 rings (SSSR count). The van der Waals surface area contributed by atoms with Crippen LogP contribution in [0.5, 0.6) is 0 Å². The van der Waals surface area contributed by atoms with E-state index in [-0.39, 0.29) is 29.3 Å². The number of esters is 1. The highest BCUT2D eigenvalue weighted by Gasteiger charge is 2.57. The van der Waals surface area contributed by atoms with Gasteiger partial charge in [0, 0.05) is 40.9 Å². The van der Waals surface area contributed by atoms with Crippen LogP contribution in [0, 0.1) is 63.6 Å². The lowest BCUT2D eigenvalue weighted by Gasteiger charge is -2.54. The number of allylic oxidation sites excluding steroid dienone is 1. The molecule has 46 heavy (non-hydrogen) atoms. The molecule has 3 saturated carbocycles. The van der Waals surface area contributed by atoms with E-state index in [9.17, 15) is 9.59 Å². The SMILES string of the molecule is C=C(NCc1ccncc1)C12CCC(C)C1C(CCC(C)C(C)C)C(CC1C(C)CCC(OC(=O)CC(C)(C)C=O)C1(C)C)CC2. The first-order chi connectivity index (χ1) is 21.6. The van der Waals surface area contributed by atoms with Gasteiger partial charge >= 0.3 is 5.97 Å². The second kappa shape index (κ2) is 14.9. The van der Waals surface area contributed by atoms with Crippen LogP contribution in [0.3, 0.4) is 0 Å². The number of pyridine rings is 1. The van der Waals surface area contributed by atoms with Crippen molar-refractivity contribution in [3.05, 3.63) is 42.4 Å². The van der Waals surface area contributed by atoms with Crippen molar-refractivity contribution in [2.45, 2.75) is 139 Å². The molecule has 0 radical (unpaired) electrons. The number of nitrogens with zero attached hydrogens (tertiary/aromatic N) is 1. The summed E-state index contributed by atoms with van der Waals surface area (Å²) in [5.74, 6) is 4.93. The van der Waals surface area contributed by atoms with E-state index >= 15 is 0 Å². The third-order valence-electron chi connectivity index (χ3n) is 13.4. The van der Waals surface area contributed by atoms with Crippen LogP contribution in [-0.2, 0) is 20.9 Å². The Morgan fingerprint density at radius 3 is 2.41 bits per heavy atom. The van der Waals surface area contributed by atoms with Crippen LogP contribution in [0.25, 0.3) is 0 Å². The number of rotatable bonds is 14. The normalized spacial score (nSPS) is 33.2. The maximum absolute atomic E-state index is 13.0. The van der Waals surface area contributed by atoms with Crippen molar-refractivity contribution in [2.75, 3.05) is 0 Å². The summed E-state index contributed by atoms with van der Waals surface area (Å²) in [6, 6.07) is 4.20. The smallest absolute Gasteiger partial charge is 0.307 e. The summed E-state index contributed by atoms with van der Waals surface area (Å²) in [7, 11) is 0. The largest absolute Gasteiger partial charge is 0.462 e. The van der Waals surface area contributed by atoms with Gasteiger partial charge in [-0.15, -0.1) is 0 Å². The van der Waals surface area contributed by atoms with Crippen LogP contribution in [0.4, 0.5) is 0 Å². The number of ether oxygens (including phenoxy) is 1. The Hall–Kier alpha value is -2.17. The lowest BCUT2D eigenvalue weighted by Crippen LogP contribution is -2.50. The molecule has 9 atom stereocenters. The van der Waals surface area contributed by atoms with Gasteiger partial charge in [0.25, 0.3) is 0 Å². The van der Waals surface area contributed by atoms with Crippen LogP contribution >= 0.6 is 0 Å². The lowest BCUT2D eigenvalue weighted by atomic mass is 9.52. The fourth-order valence-electron chi connectivity index (χ4n) is 9.98. The van der Waals surface area contributed by atoms with Crippen molar-refractivity contribution in [1.29, 1.82) is 0 Å². The van der Waals surface area contributed by atoms with Crippen molar-refractivity contribution in [3.63, 3.8) is 0 Å². The number of hydrogen-bond acceptors (Lipinski definition) is 5. The number of aromatic nitrogens is 1. The van der Waals surface area contributed by atoms with Gasteiger partial charge in [-0.1, -0.05) is 75.3 Å². The Morgan fingerprint density at radius 2 is 1.76 bits per heavy atom. The molecule has 1 N–H and O–H groups in total. The summed E-state index contributed by atoms with van der Waals surface area (Å²) >= 11 is 0. The Morgan fingerprint density at radius 1 is 1.09 bits per heavy atom. The second-order valence-corrected chi connectivity index (χ2v) is 17.6. The van der Waals surface area contributed by atoms with Gasteiger partial charge in [-0.3, -0.25) is 9.78 Å². The number of nitrogens with one attached hydrogen (secondary N) is 1. The molecule has 1 aromatic heterocycles. The molecule has 5 heteroatoms. The van der Waals surface area contributed by atoms with Crippen molar-refractivity contribution in [3.8, 4) is 0 Å². The summed E-state index contributed by atoms with van der Waals surface area (Å²) in [6.45, 7) is 26.1. The monoisotopic (exact) mass is 635 g/mol. The van der Waals surface area contributed by atoms with E-state index in [1.807, 2.05) is 26.2 Å². The van der Waals surface area contributed by atoms with E-state index < -0.39 is 5.41 Å². The molecule has 0 amide bonds. The zero-order valence-corrected chi connectivity index (χ0v) is 30.7. The Bertz CT molecular complexity index is 1180. The quantitative estimate of drug-likeness (QED) is 0.163. The predicted molar refractivity (Wildman–Crippen MR) is 189 cm³/mol. The van der Waals surface area contributed by atoms with Gasteiger partial charge in [0.2, 0.25) is 0 Å². The minimum Gasteiger partial charge on any atom is -0.462 e. The number of aldehydes is 1.